The van der Waals surface area contributed by atoms with Gasteiger partial charge in [0.15, 0.2) is 6.61 Å². The third kappa shape index (κ3) is 5.28. The number of esters is 1. The van der Waals surface area contributed by atoms with Gasteiger partial charge in [-0.15, -0.1) is 0 Å². The second-order valence-electron chi connectivity index (χ2n) is 6.71. The Morgan fingerprint density at radius 3 is 2.52 bits per heavy atom. The number of halogens is 2. The molecule has 1 heterocycles. The molecule has 152 valence electrons. The maximum absolute atomic E-state index is 12.3. The molecule has 1 saturated heterocycles. The second-order valence-corrected chi connectivity index (χ2v) is 7.52. The average Bonchev–Trinajstić information content (AvgIpc) is 3.11. The fourth-order valence-corrected chi connectivity index (χ4v) is 3.35. The van der Waals surface area contributed by atoms with Crippen LogP contribution in [-0.4, -0.2) is 30.9 Å². The summed E-state index contributed by atoms with van der Waals surface area (Å²) in [5.41, 5.74) is 2.36. The van der Waals surface area contributed by atoms with E-state index in [0.29, 0.717) is 15.7 Å². The Morgan fingerprint density at radius 2 is 1.86 bits per heavy atom. The molecule has 0 radical (unpaired) electrons. The lowest BCUT2D eigenvalue weighted by atomic mass is 10.1. The summed E-state index contributed by atoms with van der Waals surface area (Å²) in [6, 6.07) is 12.3. The largest absolute Gasteiger partial charge is 0.455 e. The summed E-state index contributed by atoms with van der Waals surface area (Å²) >= 11 is 11.7. The first-order chi connectivity index (χ1) is 13.9. The van der Waals surface area contributed by atoms with E-state index >= 15 is 0 Å². The Labute approximate surface area is 178 Å². The molecule has 2 aromatic rings. The Morgan fingerprint density at radius 1 is 1.14 bits per heavy atom. The molecular weight excluding hydrogens is 415 g/mol. The Bertz CT molecular complexity index is 931. The molecule has 1 fully saturated rings. The smallest absolute Gasteiger partial charge is 0.311 e. The van der Waals surface area contributed by atoms with Gasteiger partial charge >= 0.3 is 5.97 Å². The van der Waals surface area contributed by atoms with Crippen LogP contribution in [0.4, 0.5) is 11.4 Å². The molecule has 0 spiro atoms. The molecule has 1 aliphatic heterocycles. The average molecular weight is 435 g/mol. The first kappa shape index (κ1) is 21.1. The number of nitrogens with one attached hydrogen (secondary N) is 1. The minimum atomic E-state index is -0.605. The van der Waals surface area contributed by atoms with Crippen molar-refractivity contribution < 1.29 is 19.1 Å². The Kier molecular flexibility index (Phi) is 6.77. The van der Waals surface area contributed by atoms with Gasteiger partial charge in [0.25, 0.3) is 5.91 Å². The third-order valence-corrected chi connectivity index (χ3v) is 5.40. The standard InChI is InChI=1S/C21H20Cl2N2O4/c1-2-13-3-6-16(7-4-13)25-11-14(9-20(25)27)21(28)29-12-19(26)24-15-5-8-17(22)18(23)10-15/h3-8,10,14H,2,9,11-12H2,1H3,(H,24,26)/t14-/m0/s1. The number of carbonyl (C=O) groups is 3. The lowest BCUT2D eigenvalue weighted by Crippen LogP contribution is -2.28. The first-order valence-electron chi connectivity index (χ1n) is 9.18. The van der Waals surface area contributed by atoms with Gasteiger partial charge in [0.05, 0.1) is 16.0 Å². The van der Waals surface area contributed by atoms with Crippen molar-refractivity contribution in [1.82, 2.24) is 0 Å². The Hall–Kier alpha value is -2.57. The van der Waals surface area contributed by atoms with Gasteiger partial charge in [-0.05, 0) is 42.3 Å². The van der Waals surface area contributed by atoms with Crippen LogP contribution in [0.2, 0.25) is 10.0 Å². The van der Waals surface area contributed by atoms with Crippen LogP contribution in [0.1, 0.15) is 18.9 Å². The second kappa shape index (κ2) is 9.29. The van der Waals surface area contributed by atoms with Gasteiger partial charge in [0.2, 0.25) is 5.91 Å². The van der Waals surface area contributed by atoms with E-state index in [1.165, 1.54) is 11.6 Å². The third-order valence-electron chi connectivity index (χ3n) is 4.66. The van der Waals surface area contributed by atoms with Crippen LogP contribution >= 0.6 is 23.2 Å². The van der Waals surface area contributed by atoms with Crippen molar-refractivity contribution in [3.05, 3.63) is 58.1 Å². The number of benzene rings is 2. The predicted molar refractivity (Wildman–Crippen MR) is 112 cm³/mol. The minimum absolute atomic E-state index is 0.0583. The number of anilines is 2. The highest BCUT2D eigenvalue weighted by molar-refractivity contribution is 6.42. The number of hydrogen-bond donors (Lipinski definition) is 1. The van der Waals surface area contributed by atoms with E-state index in [-0.39, 0.29) is 18.9 Å². The predicted octanol–water partition coefficient (Wildman–Crippen LogP) is 4.09. The molecule has 1 aliphatic rings. The van der Waals surface area contributed by atoms with Gasteiger partial charge in [0, 0.05) is 24.3 Å². The Balaban J connectivity index is 1.52. The molecule has 3 rings (SSSR count). The summed E-state index contributed by atoms with van der Waals surface area (Å²) in [6.45, 7) is 1.84. The topological polar surface area (TPSA) is 75.7 Å². The van der Waals surface area contributed by atoms with Crippen molar-refractivity contribution in [2.45, 2.75) is 19.8 Å². The van der Waals surface area contributed by atoms with Gasteiger partial charge < -0.3 is 15.0 Å². The zero-order chi connectivity index (χ0) is 21.0. The van der Waals surface area contributed by atoms with Gasteiger partial charge in [-0.25, -0.2) is 0 Å². The molecule has 0 aliphatic carbocycles. The zero-order valence-corrected chi connectivity index (χ0v) is 17.3. The summed E-state index contributed by atoms with van der Waals surface area (Å²) in [7, 11) is 0. The molecule has 29 heavy (non-hydrogen) atoms. The van der Waals surface area contributed by atoms with Crippen LogP contribution in [0, 0.1) is 5.92 Å². The van der Waals surface area contributed by atoms with E-state index in [0.717, 1.165) is 12.1 Å². The molecule has 0 aromatic heterocycles. The fourth-order valence-electron chi connectivity index (χ4n) is 3.05. The summed E-state index contributed by atoms with van der Waals surface area (Å²) in [6.07, 6.45) is 0.968. The lowest BCUT2D eigenvalue weighted by molar-refractivity contribution is -0.151. The van der Waals surface area contributed by atoms with Crippen molar-refractivity contribution >= 4 is 52.4 Å². The van der Waals surface area contributed by atoms with Crippen molar-refractivity contribution in [2.24, 2.45) is 5.92 Å². The summed E-state index contributed by atoms with van der Waals surface area (Å²) < 4.78 is 5.09. The highest BCUT2D eigenvalue weighted by Crippen LogP contribution is 2.27. The highest BCUT2D eigenvalue weighted by Gasteiger charge is 2.36. The van der Waals surface area contributed by atoms with Crippen molar-refractivity contribution in [1.29, 1.82) is 0 Å². The van der Waals surface area contributed by atoms with Gasteiger partial charge in [0.1, 0.15) is 0 Å². The van der Waals surface area contributed by atoms with Crippen LogP contribution in [0.25, 0.3) is 0 Å². The zero-order valence-electron chi connectivity index (χ0n) is 15.8. The number of amides is 2. The van der Waals surface area contributed by atoms with E-state index < -0.39 is 24.4 Å². The monoisotopic (exact) mass is 434 g/mol. The van der Waals surface area contributed by atoms with Crippen LogP contribution in [0.15, 0.2) is 42.5 Å². The van der Waals surface area contributed by atoms with Crippen LogP contribution in [0.5, 0.6) is 0 Å². The quantitative estimate of drug-likeness (QED) is 0.694. The maximum Gasteiger partial charge on any atom is 0.311 e. The van der Waals surface area contributed by atoms with Crippen LogP contribution in [-0.2, 0) is 25.5 Å². The van der Waals surface area contributed by atoms with Gasteiger partial charge in [-0.3, -0.25) is 14.4 Å². The van der Waals surface area contributed by atoms with Crippen LogP contribution < -0.4 is 10.2 Å². The first-order valence-corrected chi connectivity index (χ1v) is 9.93. The number of nitrogens with zero attached hydrogens (tertiary/aromatic N) is 1. The molecule has 1 N–H and O–H groups in total. The number of aryl methyl sites for hydroxylation is 1. The minimum Gasteiger partial charge on any atom is -0.455 e. The molecule has 0 bridgehead atoms. The molecule has 0 unspecified atom stereocenters. The molecule has 2 amide bonds. The van der Waals surface area contributed by atoms with E-state index in [1.54, 1.807) is 17.0 Å². The van der Waals surface area contributed by atoms with E-state index in [9.17, 15) is 14.4 Å². The van der Waals surface area contributed by atoms with E-state index in [2.05, 4.69) is 12.2 Å². The lowest BCUT2D eigenvalue weighted by Gasteiger charge is -2.17. The fraction of sp³-hybridized carbons (Fsp3) is 0.286. The van der Waals surface area contributed by atoms with Crippen molar-refractivity contribution in [2.75, 3.05) is 23.4 Å². The molecule has 2 aromatic carbocycles. The maximum atomic E-state index is 12.3. The number of hydrogen-bond acceptors (Lipinski definition) is 4. The van der Waals surface area contributed by atoms with E-state index in [1.807, 2.05) is 24.3 Å². The summed E-state index contributed by atoms with van der Waals surface area (Å²) in [5, 5.41) is 3.25. The van der Waals surface area contributed by atoms with Gasteiger partial charge in [-0.1, -0.05) is 42.3 Å². The van der Waals surface area contributed by atoms with E-state index in [4.69, 9.17) is 27.9 Å². The molecular formula is C21H20Cl2N2O4. The SMILES string of the molecule is CCc1ccc(N2C[C@@H](C(=O)OCC(=O)Nc3ccc(Cl)c(Cl)c3)CC2=O)cc1. The molecule has 8 heteroatoms. The normalized spacial score (nSPS) is 16.0. The van der Waals surface area contributed by atoms with Crippen molar-refractivity contribution in [3.8, 4) is 0 Å². The molecule has 0 saturated carbocycles. The van der Waals surface area contributed by atoms with Crippen LogP contribution in [0.3, 0.4) is 0 Å². The van der Waals surface area contributed by atoms with Crippen molar-refractivity contribution in [3.63, 3.8) is 0 Å². The molecule has 1 atom stereocenters. The van der Waals surface area contributed by atoms with Gasteiger partial charge in [-0.2, -0.15) is 0 Å². The summed E-state index contributed by atoms with van der Waals surface area (Å²) in [5.74, 6) is -1.83. The highest BCUT2D eigenvalue weighted by atomic mass is 35.5. The number of ether oxygens (including phenoxy) is 1. The summed E-state index contributed by atoms with van der Waals surface area (Å²) in [4.78, 5) is 38.2. The molecule has 6 nitrogen and oxygen atoms in total. The number of carbonyl (C=O) groups excluding carboxylic acids is 3. The number of rotatable bonds is 6.